The lowest BCUT2D eigenvalue weighted by molar-refractivity contribution is -0.0653. The molecule has 0 fully saturated rings. The maximum Gasteiger partial charge on any atom is 0.112 e. The monoisotopic (exact) mass is 276 g/mol. The number of aryl methyl sites for hydroxylation is 1. The van der Waals surface area contributed by atoms with Crippen molar-refractivity contribution >= 4 is 11.0 Å². The van der Waals surface area contributed by atoms with Gasteiger partial charge in [-0.1, -0.05) is 26.0 Å². The fourth-order valence-corrected chi connectivity index (χ4v) is 2.56. The van der Waals surface area contributed by atoms with Crippen LogP contribution >= 0.6 is 0 Å². The number of aliphatic hydroxyl groups is 1. The number of methoxy groups -OCH3 is 1. The zero-order valence-corrected chi connectivity index (χ0v) is 12.8. The van der Waals surface area contributed by atoms with E-state index in [1.54, 1.807) is 7.11 Å². The Morgan fingerprint density at radius 1 is 1.35 bits per heavy atom. The van der Waals surface area contributed by atoms with Crippen molar-refractivity contribution in [3.63, 3.8) is 0 Å². The Labute approximate surface area is 120 Å². The number of fused-ring (bicyclic) bond motifs is 1. The molecule has 1 N–H and O–H groups in total. The highest BCUT2D eigenvalue weighted by molar-refractivity contribution is 5.75. The summed E-state index contributed by atoms with van der Waals surface area (Å²) in [6.07, 6.45) is 0.501. The van der Waals surface area contributed by atoms with Gasteiger partial charge in [-0.3, -0.25) is 0 Å². The van der Waals surface area contributed by atoms with Crippen molar-refractivity contribution in [2.24, 2.45) is 5.92 Å². The number of para-hydroxylation sites is 2. The Bertz CT molecular complexity index is 577. The van der Waals surface area contributed by atoms with E-state index in [9.17, 15) is 5.11 Å². The second-order valence-electron chi connectivity index (χ2n) is 5.63. The summed E-state index contributed by atoms with van der Waals surface area (Å²) < 4.78 is 7.37. The fourth-order valence-electron chi connectivity index (χ4n) is 2.56. The first kappa shape index (κ1) is 15.0. The summed E-state index contributed by atoms with van der Waals surface area (Å²) in [4.78, 5) is 4.68. The summed E-state index contributed by atoms with van der Waals surface area (Å²) in [7, 11) is 1.62. The fraction of sp³-hybridized carbons (Fsp3) is 0.562. The van der Waals surface area contributed by atoms with Crippen LogP contribution in [0.5, 0.6) is 0 Å². The van der Waals surface area contributed by atoms with Crippen molar-refractivity contribution in [1.82, 2.24) is 9.55 Å². The van der Waals surface area contributed by atoms with E-state index in [-0.39, 0.29) is 5.92 Å². The minimum absolute atomic E-state index is 0.104. The summed E-state index contributed by atoms with van der Waals surface area (Å²) in [5.74, 6) is 1.02. The van der Waals surface area contributed by atoms with Crippen LogP contribution in [-0.4, -0.2) is 34.0 Å². The number of aromatic nitrogens is 2. The Balaban J connectivity index is 2.42. The molecule has 1 aromatic heterocycles. The van der Waals surface area contributed by atoms with Crippen molar-refractivity contribution < 1.29 is 9.84 Å². The third-order valence-electron chi connectivity index (χ3n) is 3.98. The number of hydrogen-bond acceptors (Lipinski definition) is 3. The predicted octanol–water partition coefficient (Wildman–Crippen LogP) is 2.63. The molecule has 0 aliphatic heterocycles. The lowest BCUT2D eigenvalue weighted by Crippen LogP contribution is -2.42. The van der Waals surface area contributed by atoms with Crippen LogP contribution in [-0.2, 0) is 17.7 Å². The van der Waals surface area contributed by atoms with E-state index in [0.717, 1.165) is 23.4 Å². The molecule has 1 atom stereocenters. The molecule has 0 spiro atoms. The molecule has 2 aromatic rings. The molecule has 4 nitrogen and oxygen atoms in total. The standard InChI is InChI=1S/C16H24N2O2/c1-5-18-14-9-7-6-8-13(14)17-15(18)10-16(19,11-20-4)12(2)3/h6-9,12,19H,5,10-11H2,1-4H3. The van der Waals surface area contributed by atoms with Crippen LogP contribution in [0.15, 0.2) is 24.3 Å². The quantitative estimate of drug-likeness (QED) is 0.882. The van der Waals surface area contributed by atoms with Gasteiger partial charge < -0.3 is 14.4 Å². The van der Waals surface area contributed by atoms with Gasteiger partial charge in [0.25, 0.3) is 0 Å². The molecular formula is C16H24N2O2. The molecule has 0 radical (unpaired) electrons. The molecule has 1 aromatic carbocycles. The smallest absolute Gasteiger partial charge is 0.112 e. The highest BCUT2D eigenvalue weighted by Crippen LogP contribution is 2.25. The van der Waals surface area contributed by atoms with Gasteiger partial charge in [0.15, 0.2) is 0 Å². The minimum atomic E-state index is -0.886. The molecule has 20 heavy (non-hydrogen) atoms. The van der Waals surface area contributed by atoms with Crippen LogP contribution in [0.3, 0.4) is 0 Å². The topological polar surface area (TPSA) is 47.3 Å². The first-order valence-electron chi connectivity index (χ1n) is 7.17. The molecule has 1 unspecified atom stereocenters. The predicted molar refractivity (Wildman–Crippen MR) is 80.8 cm³/mol. The van der Waals surface area contributed by atoms with Crippen LogP contribution in [0.2, 0.25) is 0 Å². The maximum atomic E-state index is 10.8. The number of nitrogens with zero attached hydrogens (tertiary/aromatic N) is 2. The number of benzene rings is 1. The lowest BCUT2D eigenvalue weighted by Gasteiger charge is -2.31. The SMILES string of the molecule is CCn1c(CC(O)(COC)C(C)C)nc2ccccc21. The molecule has 4 heteroatoms. The van der Waals surface area contributed by atoms with Gasteiger partial charge in [-0.2, -0.15) is 0 Å². The summed E-state index contributed by atoms with van der Waals surface area (Å²) in [5.41, 5.74) is 1.21. The van der Waals surface area contributed by atoms with Crippen molar-refractivity contribution in [3.05, 3.63) is 30.1 Å². The first-order valence-corrected chi connectivity index (χ1v) is 7.17. The van der Waals surface area contributed by atoms with Crippen LogP contribution in [0.4, 0.5) is 0 Å². The maximum absolute atomic E-state index is 10.8. The number of imidazole rings is 1. The van der Waals surface area contributed by atoms with Gasteiger partial charge in [-0.05, 0) is 25.0 Å². The van der Waals surface area contributed by atoms with Gasteiger partial charge in [-0.15, -0.1) is 0 Å². The molecule has 1 heterocycles. The van der Waals surface area contributed by atoms with E-state index in [0.29, 0.717) is 13.0 Å². The molecule has 0 bridgehead atoms. The van der Waals surface area contributed by atoms with Crippen molar-refractivity contribution in [1.29, 1.82) is 0 Å². The Morgan fingerprint density at radius 3 is 2.65 bits per heavy atom. The Hall–Kier alpha value is -1.39. The second-order valence-corrected chi connectivity index (χ2v) is 5.63. The zero-order chi connectivity index (χ0) is 14.8. The van der Waals surface area contributed by atoms with Crippen molar-refractivity contribution in [2.45, 2.75) is 39.3 Å². The van der Waals surface area contributed by atoms with E-state index >= 15 is 0 Å². The third-order valence-corrected chi connectivity index (χ3v) is 3.98. The minimum Gasteiger partial charge on any atom is -0.387 e. The third kappa shape index (κ3) is 2.72. The van der Waals surface area contributed by atoms with E-state index in [2.05, 4.69) is 22.5 Å². The van der Waals surface area contributed by atoms with Crippen LogP contribution < -0.4 is 0 Å². The molecular weight excluding hydrogens is 252 g/mol. The average Bonchev–Trinajstić information content (AvgIpc) is 2.75. The highest BCUT2D eigenvalue weighted by atomic mass is 16.5. The van der Waals surface area contributed by atoms with Crippen LogP contribution in [0.1, 0.15) is 26.6 Å². The van der Waals surface area contributed by atoms with Gasteiger partial charge in [0, 0.05) is 20.1 Å². The largest absolute Gasteiger partial charge is 0.387 e. The van der Waals surface area contributed by atoms with Crippen molar-refractivity contribution in [3.8, 4) is 0 Å². The first-order chi connectivity index (χ1) is 9.51. The summed E-state index contributed by atoms with van der Waals surface area (Å²) in [6, 6.07) is 8.09. The zero-order valence-electron chi connectivity index (χ0n) is 12.8. The molecule has 110 valence electrons. The summed E-state index contributed by atoms with van der Waals surface area (Å²) in [6.45, 7) is 7.28. The Morgan fingerprint density at radius 2 is 2.05 bits per heavy atom. The normalized spacial score (nSPS) is 14.9. The second kappa shape index (κ2) is 5.94. The molecule has 0 aliphatic carbocycles. The van der Waals surface area contributed by atoms with E-state index < -0.39 is 5.60 Å². The van der Waals surface area contributed by atoms with Gasteiger partial charge in [0.05, 0.1) is 23.2 Å². The molecule has 0 saturated heterocycles. The summed E-state index contributed by atoms with van der Waals surface area (Å²) in [5, 5.41) is 10.8. The number of ether oxygens (including phenoxy) is 1. The van der Waals surface area contributed by atoms with E-state index in [1.807, 2.05) is 32.0 Å². The average molecular weight is 276 g/mol. The number of rotatable bonds is 6. The van der Waals surface area contributed by atoms with Crippen LogP contribution in [0.25, 0.3) is 11.0 Å². The highest BCUT2D eigenvalue weighted by Gasteiger charge is 2.33. The van der Waals surface area contributed by atoms with Crippen molar-refractivity contribution in [2.75, 3.05) is 13.7 Å². The molecule has 2 rings (SSSR count). The number of hydrogen-bond donors (Lipinski definition) is 1. The van der Waals surface area contributed by atoms with Gasteiger partial charge in [0.1, 0.15) is 5.82 Å². The lowest BCUT2D eigenvalue weighted by atomic mass is 9.87. The van der Waals surface area contributed by atoms with Crippen LogP contribution in [0, 0.1) is 5.92 Å². The summed E-state index contributed by atoms with van der Waals surface area (Å²) >= 11 is 0. The van der Waals surface area contributed by atoms with E-state index in [4.69, 9.17) is 4.74 Å². The van der Waals surface area contributed by atoms with Gasteiger partial charge in [0.2, 0.25) is 0 Å². The molecule has 0 aliphatic rings. The Kier molecular flexibility index (Phi) is 4.45. The van der Waals surface area contributed by atoms with Gasteiger partial charge >= 0.3 is 0 Å². The van der Waals surface area contributed by atoms with Gasteiger partial charge in [-0.25, -0.2) is 4.98 Å². The molecule has 0 saturated carbocycles. The molecule has 0 amide bonds. The van der Waals surface area contributed by atoms with E-state index in [1.165, 1.54) is 0 Å².